The van der Waals surface area contributed by atoms with Crippen molar-refractivity contribution in [2.75, 3.05) is 0 Å². The van der Waals surface area contributed by atoms with Gasteiger partial charge in [0, 0.05) is 12.3 Å². The molecule has 0 heterocycles. The Balaban J connectivity index is 1.55. The summed E-state index contributed by atoms with van der Waals surface area (Å²) in [5.74, 6) is 3.01. The highest BCUT2D eigenvalue weighted by atomic mass is 79.9. The van der Waals surface area contributed by atoms with Crippen LogP contribution in [0.1, 0.15) is 72.1 Å². The first kappa shape index (κ1) is 18.0. The standard InChI is InChI=1S/C21H31BrO3/c1-12(23)25-14-6-8-20(2)13(10-14)4-5-15-16(20)7-9-21(3)17(15)11-18(22)19(21)24/h13-18H,4-11H2,1-3H3/t13-,14+,15-,16-,17-,18-,20+,21+/m1/s1. The number of esters is 1. The van der Waals surface area contributed by atoms with Crippen molar-refractivity contribution < 1.29 is 14.3 Å². The van der Waals surface area contributed by atoms with Gasteiger partial charge in [0.1, 0.15) is 6.10 Å². The zero-order chi connectivity index (χ0) is 18.0. The van der Waals surface area contributed by atoms with E-state index < -0.39 is 0 Å². The number of ketones is 1. The van der Waals surface area contributed by atoms with E-state index >= 15 is 0 Å². The third-order valence-corrected chi connectivity index (χ3v) is 9.44. The Labute approximate surface area is 159 Å². The van der Waals surface area contributed by atoms with E-state index in [2.05, 4.69) is 29.8 Å². The Bertz CT molecular complexity index is 590. The second-order valence-corrected chi connectivity index (χ2v) is 10.8. The SMILES string of the molecule is CC(=O)O[C@H]1CC[C@@]2(C)[C@H](CC[C@@H]3[C@H]2CC[C@]2(C)C(=O)[C@H](Br)C[C@H]32)C1. The Kier molecular flexibility index (Phi) is 4.37. The molecule has 4 saturated carbocycles. The highest BCUT2D eigenvalue weighted by molar-refractivity contribution is 9.10. The van der Waals surface area contributed by atoms with E-state index in [1.165, 1.54) is 32.6 Å². The monoisotopic (exact) mass is 410 g/mol. The molecule has 0 N–H and O–H groups in total. The van der Waals surface area contributed by atoms with Gasteiger partial charge in [0.25, 0.3) is 0 Å². The van der Waals surface area contributed by atoms with E-state index in [1.807, 2.05) is 0 Å². The minimum absolute atomic E-state index is 0.0754. The van der Waals surface area contributed by atoms with Gasteiger partial charge in [-0.2, -0.15) is 0 Å². The molecule has 4 fully saturated rings. The van der Waals surface area contributed by atoms with E-state index in [4.69, 9.17) is 4.74 Å². The van der Waals surface area contributed by atoms with Crippen LogP contribution in [0.5, 0.6) is 0 Å². The fourth-order valence-corrected chi connectivity index (χ4v) is 8.23. The summed E-state index contributed by atoms with van der Waals surface area (Å²) in [6.45, 7) is 6.27. The Morgan fingerprint density at radius 3 is 2.56 bits per heavy atom. The van der Waals surface area contributed by atoms with Crippen LogP contribution >= 0.6 is 15.9 Å². The summed E-state index contributed by atoms with van der Waals surface area (Å²) in [5, 5.41) is 0. The normalized spacial score (nSPS) is 52.1. The number of fused-ring (bicyclic) bond motifs is 5. The van der Waals surface area contributed by atoms with Crippen LogP contribution in [0.25, 0.3) is 0 Å². The van der Waals surface area contributed by atoms with Crippen LogP contribution in [0.2, 0.25) is 0 Å². The van der Waals surface area contributed by atoms with Crippen LogP contribution in [-0.4, -0.2) is 22.7 Å². The summed E-state index contributed by atoms with van der Waals surface area (Å²) in [6.07, 6.45) is 9.15. The first-order chi connectivity index (χ1) is 11.8. The quantitative estimate of drug-likeness (QED) is 0.455. The maximum Gasteiger partial charge on any atom is 0.302 e. The van der Waals surface area contributed by atoms with E-state index in [-0.39, 0.29) is 22.3 Å². The Hall–Kier alpha value is -0.380. The molecule has 0 aliphatic heterocycles. The fraction of sp³-hybridized carbons (Fsp3) is 0.905. The van der Waals surface area contributed by atoms with Crippen LogP contribution in [0.15, 0.2) is 0 Å². The van der Waals surface area contributed by atoms with Crippen molar-refractivity contribution in [3.8, 4) is 0 Å². The number of alkyl halides is 1. The summed E-state index contributed by atoms with van der Waals surface area (Å²) in [7, 11) is 0. The maximum absolute atomic E-state index is 12.7. The average Bonchev–Trinajstić information content (AvgIpc) is 2.78. The number of halogens is 1. The number of rotatable bonds is 1. The molecule has 0 amide bonds. The van der Waals surface area contributed by atoms with Gasteiger partial charge in [-0.1, -0.05) is 29.8 Å². The lowest BCUT2D eigenvalue weighted by Crippen LogP contribution is -2.54. The highest BCUT2D eigenvalue weighted by Crippen LogP contribution is 2.66. The Morgan fingerprint density at radius 2 is 1.84 bits per heavy atom. The van der Waals surface area contributed by atoms with Crippen molar-refractivity contribution in [3.05, 3.63) is 0 Å². The number of hydrogen-bond donors (Lipinski definition) is 0. The predicted octanol–water partition coefficient (Wildman–Crippen LogP) is 4.90. The molecular weight excluding hydrogens is 380 g/mol. The molecule has 4 rings (SSSR count). The lowest BCUT2D eigenvalue weighted by molar-refractivity contribution is -0.160. The number of Topliss-reactive ketones (excluding diaryl/α,β-unsaturated/α-hetero) is 1. The van der Waals surface area contributed by atoms with Crippen LogP contribution in [0.4, 0.5) is 0 Å². The largest absolute Gasteiger partial charge is 0.463 e. The summed E-state index contributed by atoms with van der Waals surface area (Å²) in [5.41, 5.74) is 0.280. The zero-order valence-corrected chi connectivity index (χ0v) is 17.3. The second kappa shape index (κ2) is 6.07. The molecule has 0 saturated heterocycles. The molecule has 8 atom stereocenters. The predicted molar refractivity (Wildman–Crippen MR) is 100 cm³/mol. The first-order valence-electron chi connectivity index (χ1n) is 10.1. The fourth-order valence-electron chi connectivity index (χ4n) is 7.31. The highest BCUT2D eigenvalue weighted by Gasteiger charge is 2.62. The average molecular weight is 411 g/mol. The molecule has 4 aliphatic rings. The first-order valence-corrected chi connectivity index (χ1v) is 11.0. The van der Waals surface area contributed by atoms with Gasteiger partial charge in [-0.3, -0.25) is 9.59 Å². The molecule has 4 heteroatoms. The number of carbonyl (C=O) groups is 2. The van der Waals surface area contributed by atoms with Crippen LogP contribution in [0, 0.1) is 34.5 Å². The van der Waals surface area contributed by atoms with Crippen molar-refractivity contribution in [2.24, 2.45) is 34.5 Å². The summed E-state index contributed by atoms with van der Waals surface area (Å²) in [6, 6.07) is 0. The van der Waals surface area contributed by atoms with Gasteiger partial charge < -0.3 is 4.74 Å². The molecular formula is C21H31BrO3. The van der Waals surface area contributed by atoms with Crippen LogP contribution < -0.4 is 0 Å². The van der Waals surface area contributed by atoms with Gasteiger partial charge in [-0.25, -0.2) is 0 Å². The number of carbonyl (C=O) groups excluding carboxylic acids is 2. The second-order valence-electron chi connectivity index (χ2n) is 9.69. The minimum atomic E-state index is -0.136. The lowest BCUT2D eigenvalue weighted by atomic mass is 9.45. The molecule has 4 aliphatic carbocycles. The van der Waals surface area contributed by atoms with Gasteiger partial charge in [0.15, 0.2) is 5.78 Å². The van der Waals surface area contributed by atoms with E-state index in [0.717, 1.165) is 31.6 Å². The van der Waals surface area contributed by atoms with Crippen molar-refractivity contribution in [1.82, 2.24) is 0 Å². The van der Waals surface area contributed by atoms with Crippen LogP contribution in [-0.2, 0) is 14.3 Å². The number of hydrogen-bond acceptors (Lipinski definition) is 3. The lowest BCUT2D eigenvalue weighted by Gasteiger charge is -2.60. The van der Waals surface area contributed by atoms with Crippen LogP contribution in [0.3, 0.4) is 0 Å². The topological polar surface area (TPSA) is 43.4 Å². The van der Waals surface area contributed by atoms with Crippen molar-refractivity contribution in [1.29, 1.82) is 0 Å². The van der Waals surface area contributed by atoms with E-state index in [1.54, 1.807) is 0 Å². The molecule has 0 aromatic carbocycles. The van der Waals surface area contributed by atoms with Gasteiger partial charge in [-0.15, -0.1) is 0 Å². The molecule has 0 spiro atoms. The molecule has 0 aromatic rings. The summed E-state index contributed by atoms with van der Waals surface area (Å²) >= 11 is 3.66. The molecule has 140 valence electrons. The maximum atomic E-state index is 12.7. The van der Waals surface area contributed by atoms with E-state index in [9.17, 15) is 9.59 Å². The smallest absolute Gasteiger partial charge is 0.302 e. The molecule has 0 aromatic heterocycles. The van der Waals surface area contributed by atoms with Crippen molar-refractivity contribution in [3.63, 3.8) is 0 Å². The van der Waals surface area contributed by atoms with Gasteiger partial charge in [0.05, 0.1) is 4.83 Å². The minimum Gasteiger partial charge on any atom is -0.463 e. The third kappa shape index (κ3) is 2.64. The molecule has 0 radical (unpaired) electrons. The van der Waals surface area contributed by atoms with Crippen molar-refractivity contribution >= 4 is 27.7 Å². The number of ether oxygens (including phenoxy) is 1. The molecule has 25 heavy (non-hydrogen) atoms. The molecule has 0 unspecified atom stereocenters. The van der Waals surface area contributed by atoms with Crippen molar-refractivity contribution in [2.45, 2.75) is 83.1 Å². The van der Waals surface area contributed by atoms with Gasteiger partial charge in [-0.05, 0) is 80.5 Å². The Morgan fingerprint density at radius 1 is 1.08 bits per heavy atom. The zero-order valence-electron chi connectivity index (χ0n) is 15.7. The summed E-state index contributed by atoms with van der Waals surface area (Å²) < 4.78 is 5.54. The van der Waals surface area contributed by atoms with E-state index in [0.29, 0.717) is 29.0 Å². The molecule has 0 bridgehead atoms. The third-order valence-electron chi connectivity index (χ3n) is 8.65. The van der Waals surface area contributed by atoms with Gasteiger partial charge >= 0.3 is 5.97 Å². The van der Waals surface area contributed by atoms with Gasteiger partial charge in [0.2, 0.25) is 0 Å². The summed E-state index contributed by atoms with van der Waals surface area (Å²) in [4.78, 5) is 24.2. The molecule has 3 nitrogen and oxygen atoms in total.